The highest BCUT2D eigenvalue weighted by Crippen LogP contribution is 2.29. The summed E-state index contributed by atoms with van der Waals surface area (Å²) in [5.41, 5.74) is 0.732. The molecule has 1 N–H and O–H groups in total. The minimum Gasteiger partial charge on any atom is -0.494 e. The maximum Gasteiger partial charge on any atom is 0.325 e. The predicted octanol–water partition coefficient (Wildman–Crippen LogP) is 3.24. The van der Waals surface area contributed by atoms with Crippen molar-refractivity contribution >= 4 is 11.7 Å². The number of carbonyl (C=O) groups is 1. The summed E-state index contributed by atoms with van der Waals surface area (Å²) in [4.78, 5) is 11.6. The van der Waals surface area contributed by atoms with Gasteiger partial charge in [-0.25, -0.2) is 0 Å². The first-order valence-electron chi connectivity index (χ1n) is 7.50. The molecule has 0 atom stereocenters. The van der Waals surface area contributed by atoms with Gasteiger partial charge in [0.25, 0.3) is 0 Å². The van der Waals surface area contributed by atoms with Crippen LogP contribution in [0.4, 0.5) is 5.69 Å². The number of unbranched alkanes of at least 4 members (excludes halogenated alkanes) is 1. The molecule has 118 valence electrons. The Kier molecular flexibility index (Phi) is 8.09. The van der Waals surface area contributed by atoms with Gasteiger partial charge < -0.3 is 19.5 Å². The second-order valence-corrected chi connectivity index (χ2v) is 4.45. The SMILES string of the molecule is CCCCOC(=O)CNc1cc(OCC)ccc1OCC. The van der Waals surface area contributed by atoms with Gasteiger partial charge in [-0.3, -0.25) is 4.79 Å². The second kappa shape index (κ2) is 9.91. The molecule has 0 bridgehead atoms. The third-order valence-electron chi connectivity index (χ3n) is 2.75. The Morgan fingerprint density at radius 1 is 1.14 bits per heavy atom. The van der Waals surface area contributed by atoms with E-state index in [1.54, 1.807) is 0 Å². The molecule has 5 nitrogen and oxygen atoms in total. The molecule has 0 aromatic heterocycles. The van der Waals surface area contributed by atoms with Crippen LogP contribution >= 0.6 is 0 Å². The monoisotopic (exact) mass is 295 g/mol. The smallest absolute Gasteiger partial charge is 0.325 e. The van der Waals surface area contributed by atoms with E-state index in [0.29, 0.717) is 25.6 Å². The molecule has 0 radical (unpaired) electrons. The summed E-state index contributed by atoms with van der Waals surface area (Å²) >= 11 is 0. The van der Waals surface area contributed by atoms with Gasteiger partial charge in [0.15, 0.2) is 0 Å². The van der Waals surface area contributed by atoms with E-state index in [4.69, 9.17) is 14.2 Å². The molecule has 0 saturated heterocycles. The van der Waals surface area contributed by atoms with Crippen molar-refractivity contribution in [3.05, 3.63) is 18.2 Å². The van der Waals surface area contributed by atoms with E-state index in [2.05, 4.69) is 12.2 Å². The van der Waals surface area contributed by atoms with E-state index < -0.39 is 0 Å². The van der Waals surface area contributed by atoms with Gasteiger partial charge in [-0.1, -0.05) is 13.3 Å². The van der Waals surface area contributed by atoms with Crippen LogP contribution < -0.4 is 14.8 Å². The molecule has 1 aromatic rings. The van der Waals surface area contributed by atoms with Gasteiger partial charge in [0.2, 0.25) is 0 Å². The molecule has 0 amide bonds. The number of hydrogen-bond acceptors (Lipinski definition) is 5. The Bertz CT molecular complexity index is 434. The van der Waals surface area contributed by atoms with E-state index in [1.165, 1.54) is 0 Å². The molecule has 0 heterocycles. The molecule has 1 aromatic carbocycles. The average molecular weight is 295 g/mol. The molecule has 0 spiro atoms. The zero-order chi connectivity index (χ0) is 15.5. The molecule has 21 heavy (non-hydrogen) atoms. The highest BCUT2D eigenvalue weighted by Gasteiger charge is 2.08. The first-order chi connectivity index (χ1) is 10.2. The zero-order valence-electron chi connectivity index (χ0n) is 13.1. The van der Waals surface area contributed by atoms with E-state index in [-0.39, 0.29) is 12.5 Å². The van der Waals surface area contributed by atoms with Gasteiger partial charge in [-0.05, 0) is 32.4 Å². The number of esters is 1. The Labute approximate surface area is 126 Å². The summed E-state index contributed by atoms with van der Waals surface area (Å²) in [6, 6.07) is 5.51. The van der Waals surface area contributed by atoms with Crippen molar-refractivity contribution in [1.29, 1.82) is 0 Å². The van der Waals surface area contributed by atoms with Gasteiger partial charge in [0, 0.05) is 6.07 Å². The summed E-state index contributed by atoms with van der Waals surface area (Å²) in [7, 11) is 0. The Hall–Kier alpha value is -1.91. The van der Waals surface area contributed by atoms with Gasteiger partial charge in [0.1, 0.15) is 18.0 Å². The van der Waals surface area contributed by atoms with Gasteiger partial charge in [-0.2, -0.15) is 0 Å². The van der Waals surface area contributed by atoms with Gasteiger partial charge in [0.05, 0.1) is 25.5 Å². The molecular weight excluding hydrogens is 270 g/mol. The van der Waals surface area contributed by atoms with E-state index >= 15 is 0 Å². The summed E-state index contributed by atoms with van der Waals surface area (Å²) in [6.07, 6.45) is 1.89. The van der Waals surface area contributed by atoms with Crippen molar-refractivity contribution in [3.63, 3.8) is 0 Å². The summed E-state index contributed by atoms with van der Waals surface area (Å²) < 4.78 is 16.1. The number of ether oxygens (including phenoxy) is 3. The van der Waals surface area contributed by atoms with E-state index in [0.717, 1.165) is 24.3 Å². The third-order valence-corrected chi connectivity index (χ3v) is 2.75. The van der Waals surface area contributed by atoms with Crippen LogP contribution in [-0.2, 0) is 9.53 Å². The topological polar surface area (TPSA) is 56.8 Å². The van der Waals surface area contributed by atoms with Gasteiger partial charge >= 0.3 is 5.97 Å². The van der Waals surface area contributed by atoms with Crippen molar-refractivity contribution in [2.24, 2.45) is 0 Å². The maximum atomic E-state index is 11.6. The highest BCUT2D eigenvalue weighted by atomic mass is 16.5. The number of rotatable bonds is 10. The predicted molar refractivity (Wildman–Crippen MR) is 83.1 cm³/mol. The lowest BCUT2D eigenvalue weighted by atomic mass is 10.2. The Morgan fingerprint density at radius 2 is 1.90 bits per heavy atom. The first-order valence-corrected chi connectivity index (χ1v) is 7.50. The number of carbonyl (C=O) groups excluding carboxylic acids is 1. The lowest BCUT2D eigenvalue weighted by molar-refractivity contribution is -0.141. The lowest BCUT2D eigenvalue weighted by Gasteiger charge is -2.14. The Morgan fingerprint density at radius 3 is 2.57 bits per heavy atom. The minimum absolute atomic E-state index is 0.110. The van der Waals surface area contributed by atoms with Crippen LogP contribution in [0.25, 0.3) is 0 Å². The molecule has 0 aliphatic heterocycles. The highest BCUT2D eigenvalue weighted by molar-refractivity contribution is 5.76. The molecule has 0 aliphatic carbocycles. The van der Waals surface area contributed by atoms with Crippen LogP contribution in [0.2, 0.25) is 0 Å². The van der Waals surface area contributed by atoms with Crippen LogP contribution in [-0.4, -0.2) is 32.3 Å². The van der Waals surface area contributed by atoms with Crippen LogP contribution in [0.3, 0.4) is 0 Å². The minimum atomic E-state index is -0.271. The molecular formula is C16H25NO4. The van der Waals surface area contributed by atoms with Crippen LogP contribution in [0.15, 0.2) is 18.2 Å². The van der Waals surface area contributed by atoms with Crippen molar-refractivity contribution in [2.75, 3.05) is 31.7 Å². The molecule has 0 fully saturated rings. The summed E-state index contributed by atoms with van der Waals surface area (Å²) in [5, 5.41) is 3.04. The molecule has 0 aliphatic rings. The van der Waals surface area contributed by atoms with Gasteiger partial charge in [-0.15, -0.1) is 0 Å². The fourth-order valence-electron chi connectivity index (χ4n) is 1.73. The molecule has 0 unspecified atom stereocenters. The average Bonchev–Trinajstić information content (AvgIpc) is 2.48. The van der Waals surface area contributed by atoms with E-state index in [9.17, 15) is 4.79 Å². The molecule has 5 heteroatoms. The normalized spacial score (nSPS) is 10.0. The number of anilines is 1. The lowest BCUT2D eigenvalue weighted by Crippen LogP contribution is -2.18. The van der Waals surface area contributed by atoms with Crippen molar-refractivity contribution in [1.82, 2.24) is 0 Å². The third kappa shape index (κ3) is 6.38. The van der Waals surface area contributed by atoms with Crippen molar-refractivity contribution in [3.8, 4) is 11.5 Å². The second-order valence-electron chi connectivity index (χ2n) is 4.45. The van der Waals surface area contributed by atoms with Crippen molar-refractivity contribution < 1.29 is 19.0 Å². The van der Waals surface area contributed by atoms with Crippen LogP contribution in [0.5, 0.6) is 11.5 Å². The maximum absolute atomic E-state index is 11.6. The fourth-order valence-corrected chi connectivity index (χ4v) is 1.73. The quantitative estimate of drug-likeness (QED) is 0.530. The molecule has 1 rings (SSSR count). The van der Waals surface area contributed by atoms with E-state index in [1.807, 2.05) is 32.0 Å². The zero-order valence-corrected chi connectivity index (χ0v) is 13.1. The largest absolute Gasteiger partial charge is 0.494 e. The Balaban J connectivity index is 2.61. The summed E-state index contributed by atoms with van der Waals surface area (Å²) in [6.45, 7) is 7.62. The van der Waals surface area contributed by atoms with Crippen LogP contribution in [0.1, 0.15) is 33.6 Å². The number of benzene rings is 1. The summed E-state index contributed by atoms with van der Waals surface area (Å²) in [5.74, 6) is 1.16. The molecule has 0 saturated carbocycles. The van der Waals surface area contributed by atoms with Crippen LogP contribution in [0, 0.1) is 0 Å². The number of nitrogens with one attached hydrogen (secondary N) is 1. The number of hydrogen-bond donors (Lipinski definition) is 1. The van der Waals surface area contributed by atoms with Crippen molar-refractivity contribution in [2.45, 2.75) is 33.6 Å². The first kappa shape index (κ1) is 17.1. The standard InChI is InChI=1S/C16H25NO4/c1-4-7-10-21-16(18)12-17-14-11-13(19-5-2)8-9-15(14)20-6-3/h8-9,11,17H,4-7,10,12H2,1-3H3. The fraction of sp³-hybridized carbons (Fsp3) is 0.562.